The molecule has 0 aromatic carbocycles. The molecule has 104 valence electrons. The standard InChI is InChI=1S/C13H17F2N3O/c1-9(18-6-2-3-7-18)8-17-13(19)10-4-5-16-12(15)11(10)14/h4-5,9H,2-3,6-8H2,1H3,(H,17,19). The molecule has 1 fully saturated rings. The molecule has 0 bridgehead atoms. The van der Waals surface area contributed by atoms with Crippen LogP contribution >= 0.6 is 0 Å². The van der Waals surface area contributed by atoms with Crippen molar-refractivity contribution in [3.05, 3.63) is 29.6 Å². The highest BCUT2D eigenvalue weighted by atomic mass is 19.2. The third kappa shape index (κ3) is 3.26. The Bertz CT molecular complexity index is 461. The van der Waals surface area contributed by atoms with Crippen LogP contribution in [0.25, 0.3) is 0 Å². The van der Waals surface area contributed by atoms with E-state index < -0.39 is 17.7 Å². The average Bonchev–Trinajstić information content (AvgIpc) is 2.93. The van der Waals surface area contributed by atoms with Crippen LogP contribution in [-0.4, -0.2) is 41.5 Å². The molecule has 1 aliphatic rings. The largest absolute Gasteiger partial charge is 0.350 e. The van der Waals surface area contributed by atoms with Crippen LogP contribution in [0.1, 0.15) is 30.1 Å². The van der Waals surface area contributed by atoms with E-state index in [2.05, 4.69) is 15.2 Å². The van der Waals surface area contributed by atoms with Crippen LogP contribution in [-0.2, 0) is 0 Å². The number of halogens is 2. The van der Waals surface area contributed by atoms with E-state index in [9.17, 15) is 13.6 Å². The van der Waals surface area contributed by atoms with Crippen molar-refractivity contribution in [3.63, 3.8) is 0 Å². The predicted molar refractivity (Wildman–Crippen MR) is 66.8 cm³/mol. The average molecular weight is 269 g/mol. The Morgan fingerprint density at radius 3 is 2.84 bits per heavy atom. The first-order chi connectivity index (χ1) is 9.09. The zero-order valence-corrected chi connectivity index (χ0v) is 10.8. The number of amides is 1. The van der Waals surface area contributed by atoms with Crippen molar-refractivity contribution in [2.24, 2.45) is 0 Å². The molecule has 19 heavy (non-hydrogen) atoms. The lowest BCUT2D eigenvalue weighted by atomic mass is 10.2. The predicted octanol–water partition coefficient (Wildman–Crippen LogP) is 1.57. The van der Waals surface area contributed by atoms with Crippen molar-refractivity contribution in [1.29, 1.82) is 0 Å². The molecule has 1 aromatic heterocycles. The summed E-state index contributed by atoms with van der Waals surface area (Å²) >= 11 is 0. The number of rotatable bonds is 4. The Hall–Kier alpha value is -1.56. The smallest absolute Gasteiger partial charge is 0.254 e. The molecule has 4 nitrogen and oxygen atoms in total. The van der Waals surface area contributed by atoms with E-state index in [0.717, 1.165) is 19.3 Å². The number of carbonyl (C=O) groups excluding carboxylic acids is 1. The van der Waals surface area contributed by atoms with E-state index in [-0.39, 0.29) is 11.6 Å². The molecule has 1 unspecified atom stereocenters. The van der Waals surface area contributed by atoms with Gasteiger partial charge in [0.25, 0.3) is 5.91 Å². The Balaban J connectivity index is 1.92. The van der Waals surface area contributed by atoms with E-state index in [1.807, 2.05) is 6.92 Å². The van der Waals surface area contributed by atoms with Gasteiger partial charge in [-0.2, -0.15) is 4.39 Å². The minimum absolute atomic E-state index is 0.196. The molecule has 2 rings (SSSR count). The number of pyridine rings is 1. The Labute approximate surface area is 110 Å². The molecule has 1 aromatic rings. The summed E-state index contributed by atoms with van der Waals surface area (Å²) < 4.78 is 26.3. The van der Waals surface area contributed by atoms with Gasteiger partial charge >= 0.3 is 0 Å². The summed E-state index contributed by atoms with van der Waals surface area (Å²) in [5, 5.41) is 2.63. The first-order valence-corrected chi connectivity index (χ1v) is 6.42. The molecule has 6 heteroatoms. The summed E-state index contributed by atoms with van der Waals surface area (Å²) in [4.78, 5) is 17.2. The highest BCUT2D eigenvalue weighted by Crippen LogP contribution is 2.12. The lowest BCUT2D eigenvalue weighted by Crippen LogP contribution is -2.40. The zero-order valence-electron chi connectivity index (χ0n) is 10.8. The van der Waals surface area contributed by atoms with Gasteiger partial charge in [0, 0.05) is 18.8 Å². The summed E-state index contributed by atoms with van der Waals surface area (Å²) in [5.74, 6) is -3.06. The van der Waals surface area contributed by atoms with Crippen LogP contribution in [0.3, 0.4) is 0 Å². The normalized spacial score (nSPS) is 17.4. The number of likely N-dealkylation sites (tertiary alicyclic amines) is 1. The number of aromatic nitrogens is 1. The molecule has 0 aliphatic carbocycles. The quantitative estimate of drug-likeness (QED) is 0.844. The van der Waals surface area contributed by atoms with Crippen LogP contribution in [0.15, 0.2) is 12.3 Å². The van der Waals surface area contributed by atoms with Gasteiger partial charge in [-0.15, -0.1) is 0 Å². The second-order valence-corrected chi connectivity index (χ2v) is 4.77. The zero-order chi connectivity index (χ0) is 13.8. The second kappa shape index (κ2) is 6.06. The Kier molecular flexibility index (Phi) is 4.42. The van der Waals surface area contributed by atoms with Gasteiger partial charge in [-0.1, -0.05) is 0 Å². The second-order valence-electron chi connectivity index (χ2n) is 4.77. The molecule has 2 heterocycles. The summed E-state index contributed by atoms with van der Waals surface area (Å²) in [6.07, 6.45) is 3.42. The maximum atomic E-state index is 13.4. The third-order valence-electron chi connectivity index (χ3n) is 3.41. The Morgan fingerprint density at radius 2 is 2.16 bits per heavy atom. The van der Waals surface area contributed by atoms with E-state index >= 15 is 0 Å². The lowest BCUT2D eigenvalue weighted by molar-refractivity contribution is 0.0935. The van der Waals surface area contributed by atoms with Crippen molar-refractivity contribution in [3.8, 4) is 0 Å². The maximum Gasteiger partial charge on any atom is 0.254 e. The van der Waals surface area contributed by atoms with Crippen LogP contribution in [0.4, 0.5) is 8.78 Å². The monoisotopic (exact) mass is 269 g/mol. The van der Waals surface area contributed by atoms with Crippen molar-refractivity contribution < 1.29 is 13.6 Å². The topological polar surface area (TPSA) is 45.2 Å². The lowest BCUT2D eigenvalue weighted by Gasteiger charge is -2.23. The van der Waals surface area contributed by atoms with E-state index in [4.69, 9.17) is 0 Å². The molecular formula is C13H17F2N3O. The number of carbonyl (C=O) groups is 1. The Morgan fingerprint density at radius 1 is 1.47 bits per heavy atom. The van der Waals surface area contributed by atoms with Crippen molar-refractivity contribution in [1.82, 2.24) is 15.2 Å². The molecule has 1 N–H and O–H groups in total. The van der Waals surface area contributed by atoms with Crippen LogP contribution in [0.5, 0.6) is 0 Å². The van der Waals surface area contributed by atoms with Crippen molar-refractivity contribution in [2.75, 3.05) is 19.6 Å². The molecule has 1 aliphatic heterocycles. The maximum absolute atomic E-state index is 13.4. The van der Waals surface area contributed by atoms with Crippen LogP contribution in [0.2, 0.25) is 0 Å². The fourth-order valence-electron chi connectivity index (χ4n) is 2.24. The van der Waals surface area contributed by atoms with E-state index in [1.54, 1.807) is 0 Å². The van der Waals surface area contributed by atoms with Gasteiger partial charge in [0.05, 0.1) is 5.56 Å². The number of nitrogens with one attached hydrogen (secondary N) is 1. The molecule has 0 saturated carbocycles. The molecule has 0 spiro atoms. The molecule has 1 atom stereocenters. The summed E-state index contributed by atoms with van der Waals surface area (Å²) in [7, 11) is 0. The number of hydrogen-bond acceptors (Lipinski definition) is 3. The van der Waals surface area contributed by atoms with Crippen LogP contribution in [0, 0.1) is 11.8 Å². The summed E-state index contributed by atoms with van der Waals surface area (Å²) in [6, 6.07) is 1.37. The van der Waals surface area contributed by atoms with Crippen LogP contribution < -0.4 is 5.32 Å². The summed E-state index contributed by atoms with van der Waals surface area (Å²) in [5.41, 5.74) is -0.305. The molecule has 1 amide bonds. The SMILES string of the molecule is CC(CNC(=O)c1ccnc(F)c1F)N1CCCC1. The number of hydrogen-bond donors (Lipinski definition) is 1. The van der Waals surface area contributed by atoms with Gasteiger partial charge in [-0.05, 0) is 38.9 Å². The highest BCUT2D eigenvalue weighted by Gasteiger charge is 2.20. The number of nitrogens with zero attached hydrogens (tertiary/aromatic N) is 2. The first-order valence-electron chi connectivity index (χ1n) is 6.42. The van der Waals surface area contributed by atoms with Gasteiger partial charge < -0.3 is 5.32 Å². The molecule has 1 saturated heterocycles. The fourth-order valence-corrected chi connectivity index (χ4v) is 2.24. The molecular weight excluding hydrogens is 252 g/mol. The third-order valence-corrected chi connectivity index (χ3v) is 3.41. The van der Waals surface area contributed by atoms with Gasteiger partial charge in [0.15, 0.2) is 5.82 Å². The van der Waals surface area contributed by atoms with Gasteiger partial charge in [-0.25, -0.2) is 9.37 Å². The first kappa shape index (κ1) is 13.9. The van der Waals surface area contributed by atoms with E-state index in [0.29, 0.717) is 6.54 Å². The molecule has 0 radical (unpaired) electrons. The van der Waals surface area contributed by atoms with Crippen molar-refractivity contribution >= 4 is 5.91 Å². The van der Waals surface area contributed by atoms with Gasteiger partial charge in [0.1, 0.15) is 0 Å². The minimum Gasteiger partial charge on any atom is -0.350 e. The van der Waals surface area contributed by atoms with Gasteiger partial charge in [0.2, 0.25) is 5.95 Å². The fraction of sp³-hybridized carbons (Fsp3) is 0.538. The van der Waals surface area contributed by atoms with E-state index in [1.165, 1.54) is 18.9 Å². The highest BCUT2D eigenvalue weighted by molar-refractivity contribution is 5.94. The van der Waals surface area contributed by atoms with Crippen molar-refractivity contribution in [2.45, 2.75) is 25.8 Å². The minimum atomic E-state index is -1.25. The van der Waals surface area contributed by atoms with Gasteiger partial charge in [-0.3, -0.25) is 9.69 Å². The summed E-state index contributed by atoms with van der Waals surface area (Å²) in [6.45, 7) is 4.47.